The Morgan fingerprint density at radius 3 is 2.50 bits per heavy atom. The lowest BCUT2D eigenvalue weighted by Gasteiger charge is -2.10. The highest BCUT2D eigenvalue weighted by atomic mass is 16.5. The van der Waals surface area contributed by atoms with Crippen LogP contribution in [-0.4, -0.2) is 49.5 Å². The first-order valence-corrected chi connectivity index (χ1v) is 10.4. The molecule has 0 bridgehead atoms. The van der Waals surface area contributed by atoms with Crippen LogP contribution in [0.4, 0.5) is 5.69 Å². The van der Waals surface area contributed by atoms with Gasteiger partial charge in [0.2, 0.25) is 5.91 Å². The van der Waals surface area contributed by atoms with Crippen LogP contribution in [0.15, 0.2) is 84.2 Å². The summed E-state index contributed by atoms with van der Waals surface area (Å²) in [5.74, 6) is -0.315. The topological polar surface area (TPSA) is 133 Å². The number of para-hydroxylation sites is 1. The van der Waals surface area contributed by atoms with E-state index in [9.17, 15) is 14.4 Å². The molecule has 0 fully saturated rings. The zero-order valence-corrected chi connectivity index (χ0v) is 18.0. The van der Waals surface area contributed by atoms with E-state index in [0.29, 0.717) is 11.4 Å². The number of hydrogen-bond donors (Lipinski definition) is 2. The van der Waals surface area contributed by atoms with Crippen LogP contribution in [-0.2, 0) is 11.3 Å². The van der Waals surface area contributed by atoms with Gasteiger partial charge in [-0.1, -0.05) is 18.2 Å². The highest BCUT2D eigenvalue weighted by molar-refractivity contribution is 5.98. The van der Waals surface area contributed by atoms with Crippen LogP contribution in [0.3, 0.4) is 0 Å². The molecule has 11 nitrogen and oxygen atoms in total. The zero-order chi connectivity index (χ0) is 23.8. The number of nitrogens with one attached hydrogen (secondary N) is 2. The van der Waals surface area contributed by atoms with Gasteiger partial charge in [0.1, 0.15) is 30.7 Å². The maximum absolute atomic E-state index is 12.4. The molecule has 0 radical (unpaired) electrons. The van der Waals surface area contributed by atoms with Crippen molar-refractivity contribution < 1.29 is 14.3 Å². The van der Waals surface area contributed by atoms with Crippen LogP contribution in [0, 0.1) is 0 Å². The van der Waals surface area contributed by atoms with Crippen LogP contribution in [0.5, 0.6) is 5.75 Å². The SMILES string of the molecule is O=C(CNC(=O)c1ccc(=O)n(CCOc2ccccc2)n1)Nc1ccc(-n2cncn2)cc1. The van der Waals surface area contributed by atoms with Gasteiger partial charge in [0.25, 0.3) is 11.5 Å². The van der Waals surface area contributed by atoms with Gasteiger partial charge in [0.15, 0.2) is 0 Å². The normalized spacial score (nSPS) is 10.5. The number of benzene rings is 2. The van der Waals surface area contributed by atoms with E-state index in [0.717, 1.165) is 10.4 Å². The lowest BCUT2D eigenvalue weighted by atomic mass is 10.3. The van der Waals surface area contributed by atoms with Gasteiger partial charge in [-0.25, -0.2) is 14.3 Å². The number of nitrogens with zero attached hydrogens (tertiary/aromatic N) is 5. The van der Waals surface area contributed by atoms with E-state index in [-0.39, 0.29) is 30.9 Å². The monoisotopic (exact) mass is 459 g/mol. The van der Waals surface area contributed by atoms with Crippen molar-refractivity contribution in [1.82, 2.24) is 29.9 Å². The van der Waals surface area contributed by atoms with Crippen molar-refractivity contribution in [3.8, 4) is 11.4 Å². The Hall–Kier alpha value is -4.80. The maximum Gasteiger partial charge on any atom is 0.272 e. The van der Waals surface area contributed by atoms with Gasteiger partial charge < -0.3 is 15.4 Å². The third kappa shape index (κ3) is 5.91. The van der Waals surface area contributed by atoms with Gasteiger partial charge in [0.05, 0.1) is 18.8 Å². The van der Waals surface area contributed by atoms with Crippen molar-refractivity contribution in [2.45, 2.75) is 6.54 Å². The number of hydrogen-bond acceptors (Lipinski definition) is 7. The van der Waals surface area contributed by atoms with E-state index >= 15 is 0 Å². The standard InChI is InChI=1S/C23H21N7O4/c31-21(27-17-6-8-18(9-7-17)30-16-24-15-26-30)14-25-23(33)20-10-11-22(32)29(28-20)12-13-34-19-4-2-1-3-5-19/h1-11,15-16H,12-14H2,(H,25,33)(H,27,31). The summed E-state index contributed by atoms with van der Waals surface area (Å²) >= 11 is 0. The van der Waals surface area contributed by atoms with Crippen molar-refractivity contribution in [3.63, 3.8) is 0 Å². The van der Waals surface area contributed by atoms with E-state index in [4.69, 9.17) is 4.74 Å². The molecule has 0 saturated heterocycles. The van der Waals surface area contributed by atoms with E-state index in [1.807, 2.05) is 18.2 Å². The van der Waals surface area contributed by atoms with Crippen molar-refractivity contribution in [2.75, 3.05) is 18.5 Å². The maximum atomic E-state index is 12.4. The number of carbonyl (C=O) groups excluding carboxylic acids is 2. The summed E-state index contributed by atoms with van der Waals surface area (Å²) in [6.07, 6.45) is 2.99. The molecule has 2 aromatic carbocycles. The van der Waals surface area contributed by atoms with E-state index in [2.05, 4.69) is 25.8 Å². The fraction of sp³-hybridized carbons (Fsp3) is 0.130. The van der Waals surface area contributed by atoms with Crippen LogP contribution < -0.4 is 20.9 Å². The number of anilines is 1. The van der Waals surface area contributed by atoms with Crippen molar-refractivity contribution in [1.29, 1.82) is 0 Å². The minimum absolute atomic E-state index is 0.0179. The Labute approximate surface area is 194 Å². The molecule has 0 saturated carbocycles. The summed E-state index contributed by atoms with van der Waals surface area (Å²) in [5.41, 5.74) is 1.01. The lowest BCUT2D eigenvalue weighted by Crippen LogP contribution is -2.35. The molecule has 2 aromatic heterocycles. The van der Waals surface area contributed by atoms with Crippen molar-refractivity contribution in [3.05, 3.63) is 95.4 Å². The summed E-state index contributed by atoms with van der Waals surface area (Å²) in [5, 5.41) is 13.3. The second kappa shape index (κ2) is 10.7. The Balaban J connectivity index is 1.28. The molecule has 2 N–H and O–H groups in total. The molecule has 34 heavy (non-hydrogen) atoms. The average molecular weight is 459 g/mol. The average Bonchev–Trinajstić information content (AvgIpc) is 3.40. The first kappa shape index (κ1) is 22.4. The summed E-state index contributed by atoms with van der Waals surface area (Å²) in [4.78, 5) is 40.6. The molecule has 4 rings (SSSR count). The van der Waals surface area contributed by atoms with E-state index < -0.39 is 11.8 Å². The van der Waals surface area contributed by atoms with Gasteiger partial charge in [-0.15, -0.1) is 0 Å². The fourth-order valence-electron chi connectivity index (χ4n) is 2.99. The number of ether oxygens (including phenoxy) is 1. The molecule has 4 aromatic rings. The quantitative estimate of drug-likeness (QED) is 0.385. The highest BCUT2D eigenvalue weighted by Gasteiger charge is 2.12. The van der Waals surface area contributed by atoms with Gasteiger partial charge >= 0.3 is 0 Å². The van der Waals surface area contributed by atoms with Crippen molar-refractivity contribution >= 4 is 17.5 Å². The number of aromatic nitrogens is 5. The molecular weight excluding hydrogens is 438 g/mol. The third-order valence-electron chi connectivity index (χ3n) is 4.66. The molecule has 0 aliphatic heterocycles. The lowest BCUT2D eigenvalue weighted by molar-refractivity contribution is -0.115. The van der Waals surface area contributed by atoms with Crippen LogP contribution in [0.2, 0.25) is 0 Å². The Morgan fingerprint density at radius 2 is 1.76 bits per heavy atom. The Kier molecular flexibility index (Phi) is 7.03. The molecule has 0 atom stereocenters. The van der Waals surface area contributed by atoms with Crippen molar-refractivity contribution in [2.24, 2.45) is 0 Å². The number of amides is 2. The third-order valence-corrected chi connectivity index (χ3v) is 4.66. The molecule has 0 unspecified atom stereocenters. The molecule has 0 spiro atoms. The summed E-state index contributed by atoms with van der Waals surface area (Å²) < 4.78 is 8.30. The highest BCUT2D eigenvalue weighted by Crippen LogP contribution is 2.12. The van der Waals surface area contributed by atoms with Gasteiger partial charge in [-0.3, -0.25) is 14.4 Å². The predicted octanol–water partition coefficient (Wildman–Crippen LogP) is 1.27. The second-order valence-corrected chi connectivity index (χ2v) is 7.06. The molecule has 0 aliphatic rings. The van der Waals surface area contributed by atoms with Gasteiger partial charge in [-0.2, -0.15) is 10.2 Å². The smallest absolute Gasteiger partial charge is 0.272 e. The number of rotatable bonds is 9. The summed E-state index contributed by atoms with van der Waals surface area (Å²) in [7, 11) is 0. The van der Waals surface area contributed by atoms with E-state index in [1.54, 1.807) is 47.4 Å². The second-order valence-electron chi connectivity index (χ2n) is 7.06. The van der Waals surface area contributed by atoms with Crippen LogP contribution in [0.1, 0.15) is 10.5 Å². The molecule has 11 heteroatoms. The predicted molar refractivity (Wildman–Crippen MR) is 123 cm³/mol. The number of carbonyl (C=O) groups is 2. The van der Waals surface area contributed by atoms with E-state index in [1.165, 1.54) is 18.5 Å². The van der Waals surface area contributed by atoms with Gasteiger partial charge in [-0.05, 0) is 42.5 Å². The molecule has 0 aliphatic carbocycles. The molecule has 2 heterocycles. The van der Waals surface area contributed by atoms with Gasteiger partial charge in [0, 0.05) is 11.8 Å². The Morgan fingerprint density at radius 1 is 0.971 bits per heavy atom. The molecular formula is C23H21N7O4. The van der Waals surface area contributed by atoms with Crippen LogP contribution >= 0.6 is 0 Å². The Bertz CT molecular complexity index is 1300. The summed E-state index contributed by atoms with van der Waals surface area (Å²) in [6, 6.07) is 18.7. The van der Waals surface area contributed by atoms with Crippen LogP contribution in [0.25, 0.3) is 5.69 Å². The molecule has 2 amide bonds. The first-order valence-electron chi connectivity index (χ1n) is 10.4. The minimum Gasteiger partial charge on any atom is -0.492 e. The first-order chi connectivity index (χ1) is 16.6. The fourth-order valence-corrected chi connectivity index (χ4v) is 2.99. The largest absolute Gasteiger partial charge is 0.492 e. The minimum atomic E-state index is -0.575. The molecule has 172 valence electrons. The summed E-state index contributed by atoms with van der Waals surface area (Å²) in [6.45, 7) is 0.113. The zero-order valence-electron chi connectivity index (χ0n) is 18.0.